The van der Waals surface area contributed by atoms with Crippen LogP contribution in [0.1, 0.15) is 24.3 Å². The fourth-order valence-electron chi connectivity index (χ4n) is 1.77. The molecule has 1 unspecified atom stereocenters. The van der Waals surface area contributed by atoms with Gasteiger partial charge in [-0.25, -0.2) is 4.98 Å². The number of rotatable bonds is 4. The Balaban J connectivity index is 2.33. The van der Waals surface area contributed by atoms with Crippen LogP contribution >= 0.6 is 23.1 Å². The van der Waals surface area contributed by atoms with E-state index in [-0.39, 0.29) is 11.5 Å². The minimum Gasteiger partial charge on any atom is -0.465 e. The summed E-state index contributed by atoms with van der Waals surface area (Å²) in [5.74, 6) is -0.307. The number of carbonyl (C=O) groups is 1. The van der Waals surface area contributed by atoms with Crippen LogP contribution in [-0.4, -0.2) is 27.8 Å². The lowest BCUT2D eigenvalue weighted by Gasteiger charge is -2.08. The number of nitrogens with zero attached hydrogens (tertiary/aromatic N) is 1. The Hall–Kier alpha value is -1.34. The lowest BCUT2D eigenvalue weighted by molar-refractivity contribution is -0.142. The van der Waals surface area contributed by atoms with Crippen LogP contribution in [0.4, 0.5) is 0 Å². The highest BCUT2D eigenvalue weighted by molar-refractivity contribution is 8.00. The first-order valence-electron chi connectivity index (χ1n) is 6.27. The van der Waals surface area contributed by atoms with E-state index in [4.69, 9.17) is 4.74 Å². The number of fused-ring (bicyclic) bond motifs is 1. The molecule has 0 aliphatic heterocycles. The summed E-state index contributed by atoms with van der Waals surface area (Å²) in [4.78, 5) is 32.6. The number of nitrogens with one attached hydrogen (secondary N) is 1. The third-order valence-corrected chi connectivity index (χ3v) is 4.99. The van der Waals surface area contributed by atoms with Crippen molar-refractivity contribution in [3.05, 3.63) is 20.8 Å². The first kappa shape index (κ1) is 15.1. The highest BCUT2D eigenvalue weighted by atomic mass is 32.2. The van der Waals surface area contributed by atoms with E-state index in [1.807, 2.05) is 13.8 Å². The van der Waals surface area contributed by atoms with E-state index in [2.05, 4.69) is 9.97 Å². The van der Waals surface area contributed by atoms with Crippen molar-refractivity contribution < 1.29 is 9.53 Å². The van der Waals surface area contributed by atoms with Crippen LogP contribution in [0.5, 0.6) is 0 Å². The molecule has 108 valence electrons. The van der Waals surface area contributed by atoms with Crippen LogP contribution in [0.15, 0.2) is 9.95 Å². The predicted octanol–water partition coefficient (Wildman–Crippen LogP) is 2.65. The molecule has 0 saturated carbocycles. The number of carbonyl (C=O) groups excluding carboxylic acids is 1. The molecule has 0 fully saturated rings. The third-order valence-electron chi connectivity index (χ3n) is 2.92. The molecule has 0 bridgehead atoms. The van der Waals surface area contributed by atoms with Crippen LogP contribution in [0.25, 0.3) is 10.2 Å². The van der Waals surface area contributed by atoms with Crippen molar-refractivity contribution in [1.29, 1.82) is 0 Å². The summed E-state index contributed by atoms with van der Waals surface area (Å²) in [5, 5.41) is 0.683. The predicted molar refractivity (Wildman–Crippen MR) is 81.7 cm³/mol. The van der Waals surface area contributed by atoms with Crippen molar-refractivity contribution in [2.24, 2.45) is 0 Å². The van der Waals surface area contributed by atoms with E-state index in [0.717, 1.165) is 10.4 Å². The standard InChI is InChI=1S/C13H16N2O3S2/c1-5-18-12(17)8(4)20-13-14-10(16)9-6(2)7(3)19-11(9)15-13/h8H,5H2,1-4H3,(H,14,15,16). The molecule has 2 rings (SSSR count). The number of aromatic amines is 1. The molecule has 0 aliphatic carbocycles. The molecule has 20 heavy (non-hydrogen) atoms. The van der Waals surface area contributed by atoms with Crippen LogP contribution < -0.4 is 5.56 Å². The summed E-state index contributed by atoms with van der Waals surface area (Å²) in [5.41, 5.74) is 0.809. The summed E-state index contributed by atoms with van der Waals surface area (Å²) >= 11 is 2.69. The number of esters is 1. The molecule has 2 aromatic heterocycles. The Morgan fingerprint density at radius 1 is 1.50 bits per heavy atom. The Morgan fingerprint density at radius 3 is 2.85 bits per heavy atom. The summed E-state index contributed by atoms with van der Waals surface area (Å²) in [6.07, 6.45) is 0. The number of aryl methyl sites for hydroxylation is 2. The van der Waals surface area contributed by atoms with Crippen molar-refractivity contribution in [3.63, 3.8) is 0 Å². The molecule has 2 heterocycles. The van der Waals surface area contributed by atoms with Crippen LogP contribution in [0.2, 0.25) is 0 Å². The third kappa shape index (κ3) is 2.88. The molecular formula is C13H16N2O3S2. The number of H-pyrrole nitrogens is 1. The molecule has 1 N–H and O–H groups in total. The maximum absolute atomic E-state index is 12.1. The topological polar surface area (TPSA) is 72.0 Å². The van der Waals surface area contributed by atoms with Crippen molar-refractivity contribution >= 4 is 39.3 Å². The average Bonchev–Trinajstić information content (AvgIpc) is 2.65. The number of ether oxygens (including phenoxy) is 1. The second-order valence-electron chi connectivity index (χ2n) is 4.35. The summed E-state index contributed by atoms with van der Waals surface area (Å²) in [6.45, 7) is 7.72. The van der Waals surface area contributed by atoms with Crippen LogP contribution in [0.3, 0.4) is 0 Å². The second-order valence-corrected chi connectivity index (χ2v) is 6.88. The van der Waals surface area contributed by atoms with Gasteiger partial charge in [-0.1, -0.05) is 11.8 Å². The minimum atomic E-state index is -0.405. The zero-order valence-corrected chi connectivity index (χ0v) is 13.4. The van der Waals surface area contributed by atoms with Gasteiger partial charge in [0.2, 0.25) is 0 Å². The van der Waals surface area contributed by atoms with Crippen molar-refractivity contribution in [1.82, 2.24) is 9.97 Å². The van der Waals surface area contributed by atoms with Crippen molar-refractivity contribution in [2.75, 3.05) is 6.61 Å². The molecule has 0 aromatic carbocycles. The van der Waals surface area contributed by atoms with E-state index >= 15 is 0 Å². The summed E-state index contributed by atoms with van der Waals surface area (Å²) in [7, 11) is 0. The Labute approximate surface area is 124 Å². The first-order chi connectivity index (χ1) is 9.43. The van der Waals surface area contributed by atoms with Gasteiger partial charge in [-0.2, -0.15) is 0 Å². The Bertz CT molecular complexity index is 705. The smallest absolute Gasteiger partial charge is 0.319 e. The number of thioether (sulfide) groups is 1. The van der Waals surface area contributed by atoms with Gasteiger partial charge < -0.3 is 9.72 Å². The molecule has 0 radical (unpaired) electrons. The van der Waals surface area contributed by atoms with Gasteiger partial charge in [0.25, 0.3) is 5.56 Å². The summed E-state index contributed by atoms with van der Waals surface area (Å²) in [6, 6.07) is 0. The molecule has 0 amide bonds. The number of aromatic nitrogens is 2. The van der Waals surface area contributed by atoms with Crippen LogP contribution in [0, 0.1) is 13.8 Å². The lowest BCUT2D eigenvalue weighted by atomic mass is 10.2. The SMILES string of the molecule is CCOC(=O)C(C)Sc1nc2sc(C)c(C)c2c(=O)[nH]1. The van der Waals surface area contributed by atoms with Gasteiger partial charge in [-0.3, -0.25) is 9.59 Å². The van der Waals surface area contributed by atoms with Gasteiger partial charge in [-0.05, 0) is 33.3 Å². The molecule has 0 spiro atoms. The zero-order chi connectivity index (χ0) is 14.9. The summed E-state index contributed by atoms with van der Waals surface area (Å²) < 4.78 is 4.94. The minimum absolute atomic E-state index is 0.157. The maximum atomic E-state index is 12.1. The fourth-order valence-corrected chi connectivity index (χ4v) is 3.65. The van der Waals surface area contributed by atoms with Crippen molar-refractivity contribution in [2.45, 2.75) is 38.1 Å². The lowest BCUT2D eigenvalue weighted by Crippen LogP contribution is -2.18. The Morgan fingerprint density at radius 2 is 2.20 bits per heavy atom. The molecule has 0 saturated heterocycles. The highest BCUT2D eigenvalue weighted by Crippen LogP contribution is 2.28. The van der Waals surface area contributed by atoms with Gasteiger partial charge in [0.1, 0.15) is 10.1 Å². The zero-order valence-electron chi connectivity index (χ0n) is 11.8. The normalized spacial score (nSPS) is 12.6. The molecule has 0 aliphatic rings. The van der Waals surface area contributed by atoms with E-state index in [1.54, 1.807) is 13.8 Å². The highest BCUT2D eigenvalue weighted by Gasteiger charge is 2.18. The van der Waals surface area contributed by atoms with E-state index in [1.165, 1.54) is 23.1 Å². The van der Waals surface area contributed by atoms with Gasteiger partial charge in [-0.15, -0.1) is 11.3 Å². The van der Waals surface area contributed by atoms with E-state index < -0.39 is 5.25 Å². The monoisotopic (exact) mass is 312 g/mol. The number of hydrogen-bond acceptors (Lipinski definition) is 6. The first-order valence-corrected chi connectivity index (χ1v) is 7.97. The molecule has 2 aromatic rings. The van der Waals surface area contributed by atoms with Gasteiger partial charge in [0.05, 0.1) is 12.0 Å². The second kappa shape index (κ2) is 5.97. The fraction of sp³-hybridized carbons (Fsp3) is 0.462. The molecular weight excluding hydrogens is 296 g/mol. The van der Waals surface area contributed by atoms with Gasteiger partial charge >= 0.3 is 5.97 Å². The molecule has 5 nitrogen and oxygen atoms in total. The van der Waals surface area contributed by atoms with Gasteiger partial charge in [0.15, 0.2) is 5.16 Å². The molecule has 1 atom stereocenters. The largest absolute Gasteiger partial charge is 0.465 e. The Kier molecular flexibility index (Phi) is 4.49. The van der Waals surface area contributed by atoms with Crippen LogP contribution in [-0.2, 0) is 9.53 Å². The maximum Gasteiger partial charge on any atom is 0.319 e. The van der Waals surface area contributed by atoms with E-state index in [0.29, 0.717) is 22.0 Å². The average molecular weight is 312 g/mol. The van der Waals surface area contributed by atoms with Crippen molar-refractivity contribution in [3.8, 4) is 0 Å². The van der Waals surface area contributed by atoms with E-state index in [9.17, 15) is 9.59 Å². The number of hydrogen-bond donors (Lipinski definition) is 1. The molecule has 7 heteroatoms. The quantitative estimate of drug-likeness (QED) is 0.534. The van der Waals surface area contributed by atoms with Gasteiger partial charge in [0, 0.05) is 4.88 Å². The number of thiophene rings is 1.